The monoisotopic (exact) mass is 602 g/mol. The zero-order valence-corrected chi connectivity index (χ0v) is 25.0. The molecule has 230 valence electrons. The standard InChI is InChI=1S/C34H37F2N5O3/c1-43-28-15-16-31(32(23-28)44-2)41(33-30(37)6-3-17-38-33)34(42)40-21-19-39(20-22-40)18-4-5-29(24-7-11-26(35)12-8-24)25-9-13-27(36)14-10-25/h3,6-17,23,29H,4-5,18-22,37H2,1-2H3/p+1. The van der Waals surface area contributed by atoms with Gasteiger partial charge in [-0.15, -0.1) is 4.90 Å². The number of H-pyrrole nitrogens is 1. The maximum atomic E-state index is 14.1. The molecule has 0 atom stereocenters. The number of urea groups is 1. The number of amides is 2. The minimum absolute atomic E-state index is 0.0275. The van der Waals surface area contributed by atoms with Gasteiger partial charge in [-0.2, -0.15) is 0 Å². The lowest BCUT2D eigenvalue weighted by atomic mass is 9.87. The van der Waals surface area contributed by atoms with Crippen LogP contribution >= 0.6 is 0 Å². The topological polar surface area (TPSA) is 85.4 Å². The predicted octanol–water partition coefficient (Wildman–Crippen LogP) is 5.87. The van der Waals surface area contributed by atoms with E-state index in [4.69, 9.17) is 15.2 Å². The molecule has 0 aliphatic carbocycles. The molecule has 0 saturated carbocycles. The quantitative estimate of drug-likeness (QED) is 0.246. The number of nitrogens with zero attached hydrogens (tertiary/aromatic N) is 3. The Labute approximate surface area is 256 Å². The second-order valence-electron chi connectivity index (χ2n) is 10.8. The Bertz CT molecular complexity index is 1500. The number of rotatable bonds is 10. The van der Waals surface area contributed by atoms with E-state index in [0.29, 0.717) is 54.9 Å². The first-order valence-electron chi connectivity index (χ1n) is 14.7. The number of carbonyl (C=O) groups excluding carboxylic acids is 1. The normalized spacial score (nSPS) is 13.6. The van der Waals surface area contributed by atoms with Crippen LogP contribution in [0.2, 0.25) is 0 Å². The lowest BCUT2D eigenvalue weighted by Crippen LogP contribution is -2.52. The molecule has 4 aromatic rings. The fraction of sp³-hybridized carbons (Fsp3) is 0.294. The van der Waals surface area contributed by atoms with E-state index in [1.165, 1.54) is 24.3 Å². The first-order chi connectivity index (χ1) is 21.4. The van der Waals surface area contributed by atoms with Gasteiger partial charge in [0.1, 0.15) is 23.1 Å². The number of anilines is 3. The molecular formula is C34H38F2N5O3+. The van der Waals surface area contributed by atoms with E-state index in [1.54, 1.807) is 79.9 Å². The van der Waals surface area contributed by atoms with Gasteiger partial charge in [0, 0.05) is 38.2 Å². The van der Waals surface area contributed by atoms with Crippen molar-refractivity contribution in [2.24, 2.45) is 0 Å². The van der Waals surface area contributed by atoms with Gasteiger partial charge in [-0.3, -0.25) is 4.90 Å². The summed E-state index contributed by atoms with van der Waals surface area (Å²) in [6.07, 6.45) is 3.44. The fourth-order valence-electron chi connectivity index (χ4n) is 5.66. The molecule has 0 radical (unpaired) electrons. The van der Waals surface area contributed by atoms with Gasteiger partial charge < -0.3 is 20.1 Å². The van der Waals surface area contributed by atoms with E-state index in [1.807, 2.05) is 4.90 Å². The Morgan fingerprint density at radius 3 is 2.11 bits per heavy atom. The zero-order chi connectivity index (χ0) is 31.1. The Morgan fingerprint density at radius 1 is 0.909 bits per heavy atom. The van der Waals surface area contributed by atoms with Gasteiger partial charge in [0.2, 0.25) is 0 Å². The van der Waals surface area contributed by atoms with Crippen LogP contribution in [0.1, 0.15) is 29.9 Å². The van der Waals surface area contributed by atoms with Gasteiger partial charge in [-0.05, 0) is 79.0 Å². The molecule has 44 heavy (non-hydrogen) atoms. The van der Waals surface area contributed by atoms with Gasteiger partial charge >= 0.3 is 11.8 Å². The Kier molecular flexibility index (Phi) is 9.91. The molecular weight excluding hydrogens is 564 g/mol. The number of piperazine rings is 1. The van der Waals surface area contributed by atoms with E-state index < -0.39 is 0 Å². The summed E-state index contributed by atoms with van der Waals surface area (Å²) in [5.74, 6) is 1.00. The van der Waals surface area contributed by atoms with Crippen LogP contribution in [0.25, 0.3) is 0 Å². The highest BCUT2D eigenvalue weighted by Gasteiger charge is 2.37. The number of ether oxygens (including phenoxy) is 2. The number of nitrogens with one attached hydrogen (secondary N) is 1. The molecule has 0 unspecified atom stereocenters. The molecule has 10 heteroatoms. The summed E-state index contributed by atoms with van der Waals surface area (Å²) >= 11 is 0. The minimum atomic E-state index is -0.282. The maximum absolute atomic E-state index is 14.1. The number of hydrogen-bond donors (Lipinski definition) is 1. The molecule has 1 fully saturated rings. The number of halogens is 2. The number of hydrogen-bond acceptors (Lipinski definition) is 5. The molecule has 0 bridgehead atoms. The van der Waals surface area contributed by atoms with Gasteiger partial charge in [0.05, 0.1) is 20.4 Å². The molecule has 8 nitrogen and oxygen atoms in total. The van der Waals surface area contributed by atoms with Crippen molar-refractivity contribution in [1.29, 1.82) is 0 Å². The summed E-state index contributed by atoms with van der Waals surface area (Å²) in [5, 5.41) is 0. The van der Waals surface area contributed by atoms with Crippen LogP contribution in [0.15, 0.2) is 85.1 Å². The summed E-state index contributed by atoms with van der Waals surface area (Å²) < 4.78 is 38.2. The van der Waals surface area contributed by atoms with Crippen LogP contribution in [0.3, 0.4) is 0 Å². The fourth-order valence-corrected chi connectivity index (χ4v) is 5.66. The summed E-state index contributed by atoms with van der Waals surface area (Å²) in [5.41, 5.74) is 9.29. The number of aromatic nitrogens is 1. The van der Waals surface area contributed by atoms with Crippen LogP contribution in [-0.2, 0) is 0 Å². The molecule has 1 aliphatic heterocycles. The number of nitrogens with two attached hydrogens (primary N) is 1. The first-order valence-corrected chi connectivity index (χ1v) is 14.7. The number of methoxy groups -OCH3 is 2. The predicted molar refractivity (Wildman–Crippen MR) is 166 cm³/mol. The lowest BCUT2D eigenvalue weighted by Gasteiger charge is -2.35. The smallest absolute Gasteiger partial charge is 0.416 e. The Balaban J connectivity index is 1.25. The van der Waals surface area contributed by atoms with Crippen molar-refractivity contribution in [1.82, 2.24) is 9.80 Å². The number of aromatic amines is 1. The second-order valence-corrected chi connectivity index (χ2v) is 10.8. The van der Waals surface area contributed by atoms with Crippen molar-refractivity contribution in [3.05, 3.63) is 108 Å². The number of carbonyl (C=O) groups is 1. The van der Waals surface area contributed by atoms with Crippen LogP contribution in [-0.4, -0.2) is 62.8 Å². The molecule has 1 aromatic heterocycles. The molecule has 2 amide bonds. The number of benzene rings is 3. The number of pyridine rings is 1. The van der Waals surface area contributed by atoms with E-state index >= 15 is 0 Å². The third kappa shape index (κ3) is 7.08. The Morgan fingerprint density at radius 2 is 1.55 bits per heavy atom. The van der Waals surface area contributed by atoms with Gasteiger partial charge in [0.15, 0.2) is 11.4 Å². The molecule has 2 heterocycles. The summed E-state index contributed by atoms with van der Waals surface area (Å²) in [6.45, 7) is 3.35. The van der Waals surface area contributed by atoms with Gasteiger partial charge in [-0.1, -0.05) is 24.3 Å². The average Bonchev–Trinajstić information content (AvgIpc) is 3.05. The van der Waals surface area contributed by atoms with Crippen LogP contribution in [0.4, 0.5) is 30.8 Å². The van der Waals surface area contributed by atoms with Crippen molar-refractivity contribution in [3.63, 3.8) is 0 Å². The van der Waals surface area contributed by atoms with E-state index in [0.717, 1.165) is 30.5 Å². The number of nitrogen functional groups attached to an aromatic ring is 1. The minimum Gasteiger partial charge on any atom is -0.497 e. The average molecular weight is 603 g/mol. The van der Waals surface area contributed by atoms with Crippen molar-refractivity contribution in [2.75, 3.05) is 57.6 Å². The highest BCUT2D eigenvalue weighted by atomic mass is 19.1. The SMILES string of the molecule is COc1ccc(N(C(=O)N2CCN(CCCC(c3ccc(F)cc3)c3ccc(F)cc3)CC2)c2[nH+]cccc2N)c(OC)c1. The highest BCUT2D eigenvalue weighted by Crippen LogP contribution is 2.38. The first kappa shape index (κ1) is 30.7. The second kappa shape index (κ2) is 14.2. The van der Waals surface area contributed by atoms with Crippen molar-refractivity contribution in [3.8, 4) is 11.5 Å². The van der Waals surface area contributed by atoms with E-state index in [9.17, 15) is 13.6 Å². The summed E-state index contributed by atoms with van der Waals surface area (Å²) in [6, 6.07) is 21.7. The van der Waals surface area contributed by atoms with Crippen molar-refractivity contribution < 1.29 is 28.0 Å². The summed E-state index contributed by atoms with van der Waals surface area (Å²) in [4.78, 5) is 22.9. The van der Waals surface area contributed by atoms with Crippen LogP contribution in [0.5, 0.6) is 11.5 Å². The largest absolute Gasteiger partial charge is 0.497 e. The van der Waals surface area contributed by atoms with Gasteiger partial charge in [-0.25, -0.2) is 18.6 Å². The molecule has 0 spiro atoms. The van der Waals surface area contributed by atoms with Crippen molar-refractivity contribution in [2.45, 2.75) is 18.8 Å². The molecule has 3 N–H and O–H groups in total. The molecule has 1 aliphatic rings. The summed E-state index contributed by atoms with van der Waals surface area (Å²) in [7, 11) is 3.13. The third-order valence-electron chi connectivity index (χ3n) is 8.06. The zero-order valence-electron chi connectivity index (χ0n) is 25.0. The molecule has 1 saturated heterocycles. The maximum Gasteiger partial charge on any atom is 0.416 e. The van der Waals surface area contributed by atoms with Crippen LogP contribution in [0, 0.1) is 11.6 Å². The molecule has 3 aromatic carbocycles. The molecule has 5 rings (SSSR count). The van der Waals surface area contributed by atoms with Gasteiger partial charge in [0.25, 0.3) is 0 Å². The van der Waals surface area contributed by atoms with E-state index in [-0.39, 0.29) is 23.6 Å². The van der Waals surface area contributed by atoms with Crippen molar-refractivity contribution >= 4 is 23.2 Å². The van der Waals surface area contributed by atoms with Crippen LogP contribution < -0.4 is 25.1 Å². The highest BCUT2D eigenvalue weighted by molar-refractivity contribution is 6.01. The Hall–Kier alpha value is -4.70. The lowest BCUT2D eigenvalue weighted by molar-refractivity contribution is -0.361. The third-order valence-corrected chi connectivity index (χ3v) is 8.06. The van der Waals surface area contributed by atoms with E-state index in [2.05, 4.69) is 9.88 Å².